The quantitative estimate of drug-likeness (QED) is 0.452. The number of amides is 1. The van der Waals surface area contributed by atoms with Crippen LogP contribution in [-0.4, -0.2) is 20.6 Å². The van der Waals surface area contributed by atoms with Gasteiger partial charge in [0.2, 0.25) is 0 Å². The van der Waals surface area contributed by atoms with Crippen molar-refractivity contribution in [1.82, 2.24) is 14.7 Å². The average molecular weight is 434 g/mol. The number of carbonyl (C=O) groups excluding carboxylic acids is 1. The van der Waals surface area contributed by atoms with Crippen LogP contribution in [0.2, 0.25) is 0 Å². The van der Waals surface area contributed by atoms with Gasteiger partial charge in [-0.1, -0.05) is 72.8 Å². The molecule has 6 heteroatoms. The van der Waals surface area contributed by atoms with Gasteiger partial charge >= 0.3 is 0 Å². The van der Waals surface area contributed by atoms with E-state index in [1.54, 1.807) is 4.68 Å². The molecular formula is C27H23N5O. The standard InChI is InChI=1S/C27H23N5O/c28-16-9-17-31-19-23(25(30-31)21-12-5-2-6-13-21)26-29-24-15-8-7-14-22(24)27(33)32(26)18-20-10-3-1-4-11-20/h1-8,10-15,19,26,29H,9,17-18H2/t26-/m0/s1. The molecule has 0 fully saturated rings. The van der Waals surface area contributed by atoms with Gasteiger partial charge in [-0.05, 0) is 17.7 Å². The summed E-state index contributed by atoms with van der Waals surface area (Å²) in [4.78, 5) is 15.5. The van der Waals surface area contributed by atoms with Crippen LogP contribution in [-0.2, 0) is 13.1 Å². The molecule has 1 aliphatic heterocycles. The number of aromatic nitrogens is 2. The Morgan fingerprint density at radius 2 is 1.64 bits per heavy atom. The smallest absolute Gasteiger partial charge is 0.258 e. The summed E-state index contributed by atoms with van der Waals surface area (Å²) in [5.74, 6) is -0.0259. The van der Waals surface area contributed by atoms with Crippen molar-refractivity contribution < 1.29 is 4.79 Å². The molecule has 2 heterocycles. The first-order valence-corrected chi connectivity index (χ1v) is 10.9. The maximum Gasteiger partial charge on any atom is 0.258 e. The second-order valence-corrected chi connectivity index (χ2v) is 7.98. The number of hydrogen-bond acceptors (Lipinski definition) is 4. The maximum atomic E-state index is 13.6. The molecule has 1 atom stereocenters. The topological polar surface area (TPSA) is 74.0 Å². The van der Waals surface area contributed by atoms with Crippen LogP contribution < -0.4 is 5.32 Å². The number of hydrogen-bond donors (Lipinski definition) is 1. The second kappa shape index (κ2) is 9.01. The molecule has 3 aromatic carbocycles. The van der Waals surface area contributed by atoms with Crippen molar-refractivity contribution in [3.63, 3.8) is 0 Å². The maximum absolute atomic E-state index is 13.6. The number of rotatable bonds is 6. The minimum Gasteiger partial charge on any atom is -0.361 e. The summed E-state index contributed by atoms with van der Waals surface area (Å²) in [6.07, 6.45) is 1.91. The highest BCUT2D eigenvalue weighted by molar-refractivity contribution is 6.01. The molecule has 5 rings (SSSR count). The Labute approximate surface area is 192 Å². The van der Waals surface area contributed by atoms with Crippen LogP contribution in [0.15, 0.2) is 91.1 Å². The van der Waals surface area contributed by atoms with Crippen molar-refractivity contribution in [3.8, 4) is 17.3 Å². The van der Waals surface area contributed by atoms with Gasteiger partial charge in [-0.25, -0.2) is 0 Å². The summed E-state index contributed by atoms with van der Waals surface area (Å²) < 4.78 is 1.80. The third kappa shape index (κ3) is 4.09. The van der Waals surface area contributed by atoms with E-state index < -0.39 is 6.17 Å². The van der Waals surface area contributed by atoms with Gasteiger partial charge in [-0.2, -0.15) is 10.4 Å². The lowest BCUT2D eigenvalue weighted by Gasteiger charge is -2.38. The van der Waals surface area contributed by atoms with Crippen molar-refractivity contribution in [3.05, 3.63) is 108 Å². The molecule has 1 aliphatic rings. The summed E-state index contributed by atoms with van der Waals surface area (Å²) in [7, 11) is 0. The lowest BCUT2D eigenvalue weighted by molar-refractivity contribution is 0.0667. The molecule has 0 radical (unpaired) electrons. The van der Waals surface area contributed by atoms with Crippen LogP contribution in [0.5, 0.6) is 0 Å². The van der Waals surface area contributed by atoms with Gasteiger partial charge in [0.15, 0.2) is 0 Å². The highest BCUT2D eigenvalue weighted by Gasteiger charge is 2.35. The van der Waals surface area contributed by atoms with E-state index in [4.69, 9.17) is 10.4 Å². The van der Waals surface area contributed by atoms with Crippen molar-refractivity contribution in [1.29, 1.82) is 5.26 Å². The van der Waals surface area contributed by atoms with Crippen molar-refractivity contribution in [2.24, 2.45) is 0 Å². The zero-order valence-electron chi connectivity index (χ0n) is 18.1. The largest absolute Gasteiger partial charge is 0.361 e. The fraction of sp³-hybridized carbons (Fsp3) is 0.148. The van der Waals surface area contributed by atoms with Gasteiger partial charge in [-0.3, -0.25) is 9.48 Å². The Bertz CT molecular complexity index is 1310. The molecule has 0 saturated heterocycles. The van der Waals surface area contributed by atoms with E-state index in [1.807, 2.05) is 96.0 Å². The van der Waals surface area contributed by atoms with E-state index in [1.165, 1.54) is 0 Å². The molecule has 1 aromatic heterocycles. The monoisotopic (exact) mass is 433 g/mol. The Morgan fingerprint density at radius 3 is 2.39 bits per heavy atom. The van der Waals surface area contributed by atoms with Crippen molar-refractivity contribution >= 4 is 11.6 Å². The Morgan fingerprint density at radius 1 is 0.939 bits per heavy atom. The molecule has 1 amide bonds. The number of anilines is 1. The van der Waals surface area contributed by atoms with E-state index in [2.05, 4.69) is 11.4 Å². The van der Waals surface area contributed by atoms with Crippen molar-refractivity contribution in [2.45, 2.75) is 25.7 Å². The fourth-order valence-electron chi connectivity index (χ4n) is 4.22. The normalized spacial score (nSPS) is 14.9. The zero-order chi connectivity index (χ0) is 22.6. The molecule has 0 saturated carbocycles. The number of nitrogens with zero attached hydrogens (tertiary/aromatic N) is 4. The molecule has 0 unspecified atom stereocenters. The van der Waals surface area contributed by atoms with Gasteiger partial charge in [-0.15, -0.1) is 0 Å². The highest BCUT2D eigenvalue weighted by atomic mass is 16.2. The molecule has 4 aromatic rings. The van der Waals surface area contributed by atoms with Gasteiger partial charge in [0.1, 0.15) is 6.17 Å². The van der Waals surface area contributed by atoms with Crippen LogP contribution >= 0.6 is 0 Å². The summed E-state index contributed by atoms with van der Waals surface area (Å²) in [5, 5.41) is 17.4. The first-order chi connectivity index (χ1) is 16.2. The molecule has 0 spiro atoms. The molecule has 0 aliphatic carbocycles. The van der Waals surface area contributed by atoms with Crippen LogP contribution in [0.3, 0.4) is 0 Å². The van der Waals surface area contributed by atoms with Crippen LogP contribution in [0.4, 0.5) is 5.69 Å². The SMILES string of the molecule is N#CCCn1cc([C@H]2Nc3ccccc3C(=O)N2Cc2ccccc2)c(-c2ccccc2)n1. The molecule has 6 nitrogen and oxygen atoms in total. The first kappa shape index (κ1) is 20.5. The van der Waals surface area contributed by atoms with E-state index >= 15 is 0 Å². The van der Waals surface area contributed by atoms with Crippen LogP contribution in [0, 0.1) is 11.3 Å². The summed E-state index contributed by atoms with van der Waals surface area (Å²) in [5.41, 5.74) is 5.18. The fourth-order valence-corrected chi connectivity index (χ4v) is 4.22. The number of para-hydroxylation sites is 1. The molecule has 162 valence electrons. The van der Waals surface area contributed by atoms with E-state index in [0.29, 0.717) is 25.1 Å². The Kier molecular flexibility index (Phi) is 5.61. The summed E-state index contributed by atoms with van der Waals surface area (Å²) in [6.45, 7) is 0.954. The lowest BCUT2D eigenvalue weighted by Crippen LogP contribution is -2.42. The average Bonchev–Trinajstić information content (AvgIpc) is 3.29. The van der Waals surface area contributed by atoms with Gasteiger partial charge < -0.3 is 10.2 Å². The Balaban J connectivity index is 1.63. The van der Waals surface area contributed by atoms with E-state index in [9.17, 15) is 4.79 Å². The zero-order valence-corrected chi connectivity index (χ0v) is 18.1. The number of nitriles is 1. The first-order valence-electron chi connectivity index (χ1n) is 10.9. The number of carbonyl (C=O) groups is 1. The van der Waals surface area contributed by atoms with E-state index in [0.717, 1.165) is 28.1 Å². The lowest BCUT2D eigenvalue weighted by atomic mass is 10.0. The van der Waals surface area contributed by atoms with Gasteiger partial charge in [0.25, 0.3) is 5.91 Å². The summed E-state index contributed by atoms with van der Waals surface area (Å²) in [6, 6.07) is 29.7. The predicted molar refractivity (Wildman–Crippen MR) is 127 cm³/mol. The second-order valence-electron chi connectivity index (χ2n) is 7.98. The van der Waals surface area contributed by atoms with Crippen LogP contribution in [0.1, 0.15) is 34.1 Å². The highest BCUT2D eigenvalue weighted by Crippen LogP contribution is 2.37. The number of fused-ring (bicyclic) bond motifs is 1. The van der Waals surface area contributed by atoms with Gasteiger partial charge in [0, 0.05) is 29.6 Å². The van der Waals surface area contributed by atoms with Gasteiger partial charge in [0.05, 0.1) is 30.3 Å². The minimum absolute atomic E-state index is 0.0259. The summed E-state index contributed by atoms with van der Waals surface area (Å²) >= 11 is 0. The number of nitrogens with one attached hydrogen (secondary N) is 1. The molecule has 0 bridgehead atoms. The molecule has 33 heavy (non-hydrogen) atoms. The third-order valence-corrected chi connectivity index (χ3v) is 5.80. The predicted octanol–water partition coefficient (Wildman–Crippen LogP) is 5.23. The number of aryl methyl sites for hydroxylation is 1. The molecule has 1 N–H and O–H groups in total. The Hall–Kier alpha value is -4.37. The molecular weight excluding hydrogens is 410 g/mol. The van der Waals surface area contributed by atoms with E-state index in [-0.39, 0.29) is 5.91 Å². The van der Waals surface area contributed by atoms with Crippen molar-refractivity contribution in [2.75, 3.05) is 5.32 Å². The third-order valence-electron chi connectivity index (χ3n) is 5.80. The number of benzene rings is 3. The van der Waals surface area contributed by atoms with Crippen LogP contribution in [0.25, 0.3) is 11.3 Å². The minimum atomic E-state index is -0.404.